The van der Waals surface area contributed by atoms with Gasteiger partial charge in [0.05, 0.1) is 6.20 Å². The van der Waals surface area contributed by atoms with Crippen molar-refractivity contribution in [2.75, 3.05) is 18.8 Å². The fourth-order valence-electron chi connectivity index (χ4n) is 1.29. The molecule has 0 aliphatic carbocycles. The molecule has 0 aliphatic heterocycles. The number of aromatic nitrogens is 2. The van der Waals surface area contributed by atoms with E-state index >= 15 is 0 Å². The second kappa shape index (κ2) is 4.63. The number of nitrogens with zero attached hydrogens (tertiary/aromatic N) is 2. The van der Waals surface area contributed by atoms with Gasteiger partial charge in [-0.05, 0) is 13.8 Å². The van der Waals surface area contributed by atoms with Crippen LogP contribution in [0.25, 0.3) is 0 Å². The highest BCUT2D eigenvalue weighted by Crippen LogP contribution is 2.10. The fourth-order valence-corrected chi connectivity index (χ4v) is 1.29. The van der Waals surface area contributed by atoms with E-state index in [1.165, 1.54) is 6.20 Å². The molecule has 0 saturated heterocycles. The lowest BCUT2D eigenvalue weighted by atomic mass is 10.2. The number of nitrogens with one attached hydrogen (secondary N) is 1. The third-order valence-electron chi connectivity index (χ3n) is 2.03. The summed E-state index contributed by atoms with van der Waals surface area (Å²) in [6, 6.07) is 0. The lowest BCUT2D eigenvalue weighted by molar-refractivity contribution is 0.0779. The molecule has 1 heterocycles. The van der Waals surface area contributed by atoms with E-state index in [9.17, 15) is 4.79 Å². The van der Waals surface area contributed by atoms with Crippen LogP contribution in [-0.2, 0) is 0 Å². The second-order valence-corrected chi connectivity index (χ2v) is 3.47. The number of nitrogens with two attached hydrogens (primary N) is 1. The number of anilines is 1. The Morgan fingerprint density at radius 3 is 2.80 bits per heavy atom. The van der Waals surface area contributed by atoms with E-state index in [0.29, 0.717) is 24.5 Å². The van der Waals surface area contributed by atoms with E-state index in [1.807, 2.05) is 13.8 Å². The van der Waals surface area contributed by atoms with Crippen LogP contribution in [0, 0.1) is 0 Å². The molecule has 15 heavy (non-hydrogen) atoms. The lowest BCUT2D eigenvalue weighted by Crippen LogP contribution is -2.32. The summed E-state index contributed by atoms with van der Waals surface area (Å²) in [5.41, 5.74) is 6.93. The summed E-state index contributed by atoms with van der Waals surface area (Å²) in [5, 5.41) is 6.26. The van der Waals surface area contributed by atoms with Crippen molar-refractivity contribution in [1.82, 2.24) is 15.1 Å². The number of carbonyl (C=O) groups excluding carboxylic acids is 1. The van der Waals surface area contributed by atoms with Gasteiger partial charge >= 0.3 is 0 Å². The van der Waals surface area contributed by atoms with Crippen molar-refractivity contribution in [3.63, 3.8) is 0 Å². The summed E-state index contributed by atoms with van der Waals surface area (Å²) < 4.78 is 0. The monoisotopic (exact) mass is 208 g/mol. The van der Waals surface area contributed by atoms with Gasteiger partial charge in [0, 0.05) is 13.1 Å². The van der Waals surface area contributed by atoms with Gasteiger partial charge < -0.3 is 10.6 Å². The summed E-state index contributed by atoms with van der Waals surface area (Å²) in [7, 11) is 0. The smallest absolute Gasteiger partial charge is 0.259 e. The molecule has 0 radical (unpaired) electrons. The van der Waals surface area contributed by atoms with Crippen LogP contribution in [0.4, 0.5) is 5.82 Å². The van der Waals surface area contributed by atoms with Crippen molar-refractivity contribution in [2.24, 2.45) is 0 Å². The molecule has 1 amide bonds. The van der Waals surface area contributed by atoms with Crippen LogP contribution in [0.1, 0.15) is 24.2 Å². The van der Waals surface area contributed by atoms with Gasteiger partial charge in [-0.1, -0.05) is 12.2 Å². The van der Waals surface area contributed by atoms with Crippen molar-refractivity contribution in [3.05, 3.63) is 23.9 Å². The van der Waals surface area contributed by atoms with Gasteiger partial charge in [0.1, 0.15) is 11.4 Å². The molecule has 0 aliphatic rings. The first-order chi connectivity index (χ1) is 7.06. The van der Waals surface area contributed by atoms with Crippen molar-refractivity contribution in [1.29, 1.82) is 0 Å². The Bertz CT molecular complexity index is 369. The SMILES string of the molecule is C=C(C)CN(CC)C(=O)c1cn[nH]c1N. The number of hydrogen-bond acceptors (Lipinski definition) is 3. The fraction of sp³-hybridized carbons (Fsp3) is 0.400. The molecule has 82 valence electrons. The zero-order valence-electron chi connectivity index (χ0n) is 9.08. The standard InChI is InChI=1S/C10H16N4O/c1-4-14(6-7(2)3)10(15)8-5-12-13-9(8)11/h5H,2,4,6H2,1,3H3,(H3,11,12,13). The second-order valence-electron chi connectivity index (χ2n) is 3.47. The van der Waals surface area contributed by atoms with E-state index < -0.39 is 0 Å². The van der Waals surface area contributed by atoms with Crippen LogP contribution in [0.2, 0.25) is 0 Å². The first-order valence-corrected chi connectivity index (χ1v) is 4.78. The van der Waals surface area contributed by atoms with E-state index in [2.05, 4.69) is 16.8 Å². The Kier molecular flexibility index (Phi) is 3.49. The van der Waals surface area contributed by atoms with Crippen LogP contribution in [0.5, 0.6) is 0 Å². The predicted octanol–water partition coefficient (Wildman–Crippen LogP) is 1.03. The summed E-state index contributed by atoms with van der Waals surface area (Å²) in [6.07, 6.45) is 1.44. The number of rotatable bonds is 4. The molecule has 0 bridgehead atoms. The van der Waals surface area contributed by atoms with Crippen molar-refractivity contribution in [3.8, 4) is 0 Å². The van der Waals surface area contributed by atoms with E-state index in [0.717, 1.165) is 5.57 Å². The highest BCUT2D eigenvalue weighted by Gasteiger charge is 2.17. The van der Waals surface area contributed by atoms with Gasteiger partial charge in [0.15, 0.2) is 0 Å². The molecule has 5 heteroatoms. The van der Waals surface area contributed by atoms with Crippen molar-refractivity contribution in [2.45, 2.75) is 13.8 Å². The molecule has 0 saturated carbocycles. The Hall–Kier alpha value is -1.78. The molecule has 0 aromatic carbocycles. The van der Waals surface area contributed by atoms with Gasteiger partial charge in [0.2, 0.25) is 0 Å². The third-order valence-corrected chi connectivity index (χ3v) is 2.03. The molecule has 0 unspecified atom stereocenters. The molecule has 1 aromatic rings. The Balaban J connectivity index is 2.82. The maximum Gasteiger partial charge on any atom is 0.259 e. The number of likely N-dealkylation sites (N-methyl/N-ethyl adjacent to an activating group) is 1. The van der Waals surface area contributed by atoms with Gasteiger partial charge in [-0.2, -0.15) is 5.10 Å². The highest BCUT2D eigenvalue weighted by molar-refractivity contribution is 5.98. The minimum atomic E-state index is -0.119. The van der Waals surface area contributed by atoms with E-state index in [4.69, 9.17) is 5.73 Å². The van der Waals surface area contributed by atoms with Crippen LogP contribution in [0.3, 0.4) is 0 Å². The topological polar surface area (TPSA) is 75.0 Å². The summed E-state index contributed by atoms with van der Waals surface area (Å²) >= 11 is 0. The number of amides is 1. The van der Waals surface area contributed by atoms with E-state index in [1.54, 1.807) is 4.90 Å². The maximum absolute atomic E-state index is 11.9. The summed E-state index contributed by atoms with van der Waals surface area (Å²) in [5.74, 6) is 0.187. The molecule has 3 N–H and O–H groups in total. The largest absolute Gasteiger partial charge is 0.383 e. The summed E-state index contributed by atoms with van der Waals surface area (Å²) in [4.78, 5) is 13.6. The number of nitrogen functional groups attached to an aromatic ring is 1. The highest BCUT2D eigenvalue weighted by atomic mass is 16.2. The first kappa shape index (κ1) is 11.3. The van der Waals surface area contributed by atoms with E-state index in [-0.39, 0.29) is 5.91 Å². The Morgan fingerprint density at radius 2 is 2.40 bits per heavy atom. The van der Waals surface area contributed by atoms with Crippen LogP contribution < -0.4 is 5.73 Å². The number of hydrogen-bond donors (Lipinski definition) is 2. The zero-order chi connectivity index (χ0) is 11.4. The third kappa shape index (κ3) is 2.59. The minimum Gasteiger partial charge on any atom is -0.383 e. The van der Waals surface area contributed by atoms with Crippen molar-refractivity contribution < 1.29 is 4.79 Å². The van der Waals surface area contributed by atoms with Gasteiger partial charge in [0.25, 0.3) is 5.91 Å². The number of H-pyrrole nitrogens is 1. The Morgan fingerprint density at radius 1 is 1.73 bits per heavy atom. The number of aromatic amines is 1. The van der Waals surface area contributed by atoms with Crippen LogP contribution >= 0.6 is 0 Å². The first-order valence-electron chi connectivity index (χ1n) is 4.78. The molecule has 0 spiro atoms. The molecule has 0 atom stereocenters. The van der Waals surface area contributed by atoms with Crippen molar-refractivity contribution >= 4 is 11.7 Å². The molecule has 0 fully saturated rings. The predicted molar refractivity (Wildman–Crippen MR) is 59.4 cm³/mol. The van der Waals surface area contributed by atoms with Crippen LogP contribution in [-0.4, -0.2) is 34.1 Å². The average Bonchev–Trinajstić information content (AvgIpc) is 2.59. The zero-order valence-corrected chi connectivity index (χ0v) is 9.08. The van der Waals surface area contributed by atoms with Gasteiger partial charge in [-0.25, -0.2) is 0 Å². The Labute approximate surface area is 89.0 Å². The molecule has 1 rings (SSSR count). The quantitative estimate of drug-likeness (QED) is 0.726. The van der Waals surface area contributed by atoms with Gasteiger partial charge in [-0.15, -0.1) is 0 Å². The normalized spacial score (nSPS) is 10.0. The van der Waals surface area contributed by atoms with Gasteiger partial charge in [-0.3, -0.25) is 9.89 Å². The minimum absolute atomic E-state index is 0.119. The molecular formula is C10H16N4O. The maximum atomic E-state index is 11.9. The lowest BCUT2D eigenvalue weighted by Gasteiger charge is -2.20. The summed E-state index contributed by atoms with van der Waals surface area (Å²) in [6.45, 7) is 8.74. The number of carbonyl (C=O) groups is 1. The van der Waals surface area contributed by atoms with Crippen LogP contribution in [0.15, 0.2) is 18.3 Å². The average molecular weight is 208 g/mol. The molecule has 1 aromatic heterocycles. The molecular weight excluding hydrogens is 192 g/mol. The molecule has 5 nitrogen and oxygen atoms in total.